The van der Waals surface area contributed by atoms with Crippen molar-refractivity contribution in [1.82, 2.24) is 0 Å². The highest BCUT2D eigenvalue weighted by Gasteiger charge is 2.22. The Bertz CT molecular complexity index is 462. The molecule has 1 rings (SSSR count). The fraction of sp³-hybridized carbons (Fsp3) is 0.792. The number of rotatable bonds is 16. The Morgan fingerprint density at radius 3 is 1.85 bits per heavy atom. The van der Waals surface area contributed by atoms with Crippen molar-refractivity contribution in [1.29, 1.82) is 0 Å². The number of carbonyl (C=O) groups excluding carboxylic acids is 1. The first-order chi connectivity index (χ1) is 13.2. The standard InChI is InChI=1S/C24H42O3/c1-3-4-5-6-7-8-9-10-11-12-13-14-15-16-18-21-19-17-20-22(25)23(21)24(26)27-2/h19,25H,3-18,20H2,1-2H3. The number of carbonyl (C=O) groups is 1. The topological polar surface area (TPSA) is 46.5 Å². The molecule has 0 fully saturated rings. The van der Waals surface area contributed by atoms with Crippen LogP contribution in [0.15, 0.2) is 23.0 Å². The predicted molar refractivity (Wildman–Crippen MR) is 114 cm³/mol. The van der Waals surface area contributed by atoms with Crippen LogP contribution >= 0.6 is 0 Å². The largest absolute Gasteiger partial charge is 0.511 e. The van der Waals surface area contributed by atoms with E-state index in [1.165, 1.54) is 90.6 Å². The predicted octanol–water partition coefficient (Wildman–Crippen LogP) is 7.56. The van der Waals surface area contributed by atoms with Crippen molar-refractivity contribution in [3.05, 3.63) is 23.0 Å². The number of allylic oxidation sites excluding steroid dienone is 2. The van der Waals surface area contributed by atoms with Crippen LogP contribution in [0, 0.1) is 0 Å². The molecule has 0 saturated heterocycles. The van der Waals surface area contributed by atoms with Gasteiger partial charge in [-0.15, -0.1) is 0 Å². The van der Waals surface area contributed by atoms with E-state index in [-0.39, 0.29) is 5.76 Å². The number of hydrogen-bond donors (Lipinski definition) is 1. The van der Waals surface area contributed by atoms with Crippen LogP contribution in [0.5, 0.6) is 0 Å². The first kappa shape index (κ1) is 23.8. The van der Waals surface area contributed by atoms with Gasteiger partial charge >= 0.3 is 5.97 Å². The first-order valence-electron chi connectivity index (χ1n) is 11.4. The summed E-state index contributed by atoms with van der Waals surface area (Å²) < 4.78 is 4.82. The molecule has 27 heavy (non-hydrogen) atoms. The number of aliphatic hydroxyl groups is 1. The van der Waals surface area contributed by atoms with Gasteiger partial charge in [0.05, 0.1) is 12.7 Å². The summed E-state index contributed by atoms with van der Waals surface area (Å²) in [5.41, 5.74) is 1.39. The van der Waals surface area contributed by atoms with E-state index in [2.05, 4.69) is 13.0 Å². The van der Waals surface area contributed by atoms with Crippen molar-refractivity contribution in [2.75, 3.05) is 7.11 Å². The molecule has 1 aliphatic carbocycles. The minimum absolute atomic E-state index is 0.199. The van der Waals surface area contributed by atoms with Crippen molar-refractivity contribution in [3.8, 4) is 0 Å². The van der Waals surface area contributed by atoms with Gasteiger partial charge in [0.1, 0.15) is 5.76 Å². The highest BCUT2D eigenvalue weighted by molar-refractivity contribution is 5.94. The first-order valence-corrected chi connectivity index (χ1v) is 11.4. The molecule has 0 aromatic carbocycles. The van der Waals surface area contributed by atoms with Crippen LogP contribution in [0.4, 0.5) is 0 Å². The molecule has 0 aliphatic heterocycles. The summed E-state index contributed by atoms with van der Waals surface area (Å²) in [7, 11) is 1.38. The second-order valence-electron chi connectivity index (χ2n) is 7.93. The van der Waals surface area contributed by atoms with Gasteiger partial charge in [0.15, 0.2) is 0 Å². The molecular formula is C24H42O3. The molecule has 0 unspecified atom stereocenters. The van der Waals surface area contributed by atoms with E-state index in [1.807, 2.05) is 0 Å². The third-order valence-corrected chi connectivity index (χ3v) is 5.57. The van der Waals surface area contributed by atoms with E-state index < -0.39 is 5.97 Å². The fourth-order valence-electron chi connectivity index (χ4n) is 3.88. The summed E-state index contributed by atoms with van der Waals surface area (Å²) in [5, 5.41) is 9.99. The zero-order valence-electron chi connectivity index (χ0n) is 17.9. The molecule has 3 heteroatoms. The van der Waals surface area contributed by atoms with Gasteiger partial charge in [0.25, 0.3) is 0 Å². The lowest BCUT2D eigenvalue weighted by molar-refractivity contribution is -0.136. The average Bonchev–Trinajstić information content (AvgIpc) is 2.67. The number of unbranched alkanes of at least 4 members (excludes halogenated alkanes) is 13. The molecule has 0 amide bonds. The van der Waals surface area contributed by atoms with Crippen LogP contribution in [0.2, 0.25) is 0 Å². The Kier molecular flexibility index (Phi) is 13.9. The molecule has 0 aromatic heterocycles. The van der Waals surface area contributed by atoms with E-state index in [4.69, 9.17) is 4.74 Å². The number of aliphatic hydroxyl groups excluding tert-OH is 1. The van der Waals surface area contributed by atoms with Gasteiger partial charge in [-0.3, -0.25) is 0 Å². The SMILES string of the molecule is CCCCCCCCCCCCCCCCC1=CCCC(O)=C1C(=O)OC. The van der Waals surface area contributed by atoms with Gasteiger partial charge in [-0.1, -0.05) is 96.5 Å². The number of methoxy groups -OCH3 is 1. The molecule has 0 spiro atoms. The quantitative estimate of drug-likeness (QED) is 0.222. The molecule has 0 heterocycles. The molecule has 0 saturated carbocycles. The van der Waals surface area contributed by atoms with Gasteiger partial charge in [-0.2, -0.15) is 0 Å². The maximum atomic E-state index is 11.9. The van der Waals surface area contributed by atoms with Crippen LogP contribution in [0.3, 0.4) is 0 Å². The summed E-state index contributed by atoms with van der Waals surface area (Å²) in [5.74, 6) is -0.200. The van der Waals surface area contributed by atoms with E-state index in [0.717, 1.165) is 24.8 Å². The average molecular weight is 379 g/mol. The maximum Gasteiger partial charge on any atom is 0.341 e. The normalized spacial score (nSPS) is 14.4. The molecule has 1 aliphatic rings. The Labute approximate surface area is 167 Å². The monoisotopic (exact) mass is 378 g/mol. The van der Waals surface area contributed by atoms with Crippen LogP contribution in [-0.4, -0.2) is 18.2 Å². The summed E-state index contributed by atoms with van der Waals surface area (Å²) in [6.07, 6.45) is 23.2. The van der Waals surface area contributed by atoms with Gasteiger partial charge in [0, 0.05) is 6.42 Å². The van der Waals surface area contributed by atoms with Gasteiger partial charge < -0.3 is 9.84 Å². The Hall–Kier alpha value is -1.25. The lowest BCUT2D eigenvalue weighted by atomic mass is 9.92. The zero-order valence-corrected chi connectivity index (χ0v) is 17.9. The number of esters is 1. The fourth-order valence-corrected chi connectivity index (χ4v) is 3.88. The highest BCUT2D eigenvalue weighted by atomic mass is 16.5. The molecule has 1 N–H and O–H groups in total. The lowest BCUT2D eigenvalue weighted by Gasteiger charge is -2.17. The minimum Gasteiger partial charge on any atom is -0.511 e. The molecular weight excluding hydrogens is 336 g/mol. The Balaban J connectivity index is 1.98. The van der Waals surface area contributed by atoms with Crippen LogP contribution in [0.1, 0.15) is 116 Å². The van der Waals surface area contributed by atoms with Crippen molar-refractivity contribution in [3.63, 3.8) is 0 Å². The number of hydrogen-bond acceptors (Lipinski definition) is 3. The molecule has 0 bridgehead atoms. The van der Waals surface area contributed by atoms with E-state index in [0.29, 0.717) is 12.0 Å². The van der Waals surface area contributed by atoms with E-state index in [1.54, 1.807) is 0 Å². The summed E-state index contributed by atoms with van der Waals surface area (Å²) >= 11 is 0. The highest BCUT2D eigenvalue weighted by Crippen LogP contribution is 2.28. The summed E-state index contributed by atoms with van der Waals surface area (Å²) in [6.45, 7) is 2.27. The molecule has 0 radical (unpaired) electrons. The smallest absolute Gasteiger partial charge is 0.341 e. The maximum absolute atomic E-state index is 11.9. The molecule has 0 atom stereocenters. The second-order valence-corrected chi connectivity index (χ2v) is 7.93. The van der Waals surface area contributed by atoms with Crippen molar-refractivity contribution >= 4 is 5.97 Å². The van der Waals surface area contributed by atoms with Crippen molar-refractivity contribution < 1.29 is 14.6 Å². The Morgan fingerprint density at radius 2 is 1.37 bits per heavy atom. The van der Waals surface area contributed by atoms with Crippen LogP contribution in [0.25, 0.3) is 0 Å². The van der Waals surface area contributed by atoms with Crippen molar-refractivity contribution in [2.45, 2.75) is 116 Å². The van der Waals surface area contributed by atoms with Gasteiger partial charge in [0.2, 0.25) is 0 Å². The van der Waals surface area contributed by atoms with E-state index >= 15 is 0 Å². The Morgan fingerprint density at radius 1 is 0.889 bits per heavy atom. The second kappa shape index (κ2) is 15.8. The van der Waals surface area contributed by atoms with E-state index in [9.17, 15) is 9.90 Å². The lowest BCUT2D eigenvalue weighted by Crippen LogP contribution is -2.13. The summed E-state index contributed by atoms with van der Waals surface area (Å²) in [6, 6.07) is 0. The van der Waals surface area contributed by atoms with Gasteiger partial charge in [-0.25, -0.2) is 4.79 Å². The van der Waals surface area contributed by atoms with Crippen molar-refractivity contribution in [2.24, 2.45) is 0 Å². The zero-order chi connectivity index (χ0) is 19.7. The molecule has 3 nitrogen and oxygen atoms in total. The van der Waals surface area contributed by atoms with Gasteiger partial charge in [-0.05, 0) is 24.8 Å². The number of ether oxygens (including phenoxy) is 1. The third-order valence-electron chi connectivity index (χ3n) is 5.57. The van der Waals surface area contributed by atoms with Crippen LogP contribution in [-0.2, 0) is 9.53 Å². The van der Waals surface area contributed by atoms with Crippen LogP contribution < -0.4 is 0 Å². The summed E-state index contributed by atoms with van der Waals surface area (Å²) in [4.78, 5) is 11.9. The molecule has 156 valence electrons. The third kappa shape index (κ3) is 10.6. The minimum atomic E-state index is -0.399. The molecule has 0 aromatic rings.